The summed E-state index contributed by atoms with van der Waals surface area (Å²) in [5.41, 5.74) is 3.86. The predicted octanol–water partition coefficient (Wildman–Crippen LogP) is 1.88. The van der Waals surface area contributed by atoms with Gasteiger partial charge in [-0.2, -0.15) is 5.10 Å². The molecule has 1 amide bonds. The van der Waals surface area contributed by atoms with Gasteiger partial charge in [-0.1, -0.05) is 14.7 Å². The maximum atomic E-state index is 12.9. The number of allylic oxidation sites excluding steroid dienone is 1. The monoisotopic (exact) mass is 394 g/mol. The lowest BCUT2D eigenvalue weighted by Crippen LogP contribution is -2.45. The summed E-state index contributed by atoms with van der Waals surface area (Å²) in [5, 5.41) is 5.67. The molecule has 2 aromatic rings. The van der Waals surface area contributed by atoms with E-state index in [0.29, 0.717) is 8.58 Å². The first-order valence-corrected chi connectivity index (χ1v) is 10.6. The fraction of sp³-hybridized carbons (Fsp3) is 0.350. The molecule has 2 unspecified atom stereocenters. The van der Waals surface area contributed by atoms with E-state index >= 15 is 0 Å². The van der Waals surface area contributed by atoms with Crippen LogP contribution >= 0.6 is 8.58 Å². The number of hydrogen-bond acceptors (Lipinski definition) is 5. The van der Waals surface area contributed by atoms with Crippen LogP contribution in [0.1, 0.15) is 11.4 Å². The third-order valence-electron chi connectivity index (χ3n) is 5.46. The van der Waals surface area contributed by atoms with E-state index in [-0.39, 0.29) is 11.7 Å². The van der Waals surface area contributed by atoms with Crippen LogP contribution in [0, 0.1) is 6.92 Å². The topological polar surface area (TPSA) is 57.0 Å². The number of fused-ring (bicyclic) bond motifs is 2. The smallest absolute Gasteiger partial charge is 0.252 e. The second-order valence-corrected chi connectivity index (χ2v) is 8.94. The molecule has 2 aromatic heterocycles. The van der Waals surface area contributed by atoms with Crippen LogP contribution in [0.2, 0.25) is 0 Å². The van der Waals surface area contributed by atoms with Gasteiger partial charge in [0.1, 0.15) is 0 Å². The van der Waals surface area contributed by atoms with Crippen LogP contribution in [-0.4, -0.2) is 74.2 Å². The van der Waals surface area contributed by atoms with E-state index in [0.717, 1.165) is 54.1 Å². The molecule has 8 heteroatoms. The van der Waals surface area contributed by atoms with Gasteiger partial charge in [-0.15, -0.1) is 0 Å². The average Bonchev–Trinajstić information content (AvgIpc) is 3.11. The van der Waals surface area contributed by atoms with Crippen molar-refractivity contribution in [2.24, 2.45) is 0 Å². The molecule has 7 nitrogen and oxygen atoms in total. The lowest BCUT2D eigenvalue weighted by molar-refractivity contribution is -0.123. The van der Waals surface area contributed by atoms with Gasteiger partial charge >= 0.3 is 0 Å². The number of hydrogen-bond donors (Lipinski definition) is 0. The summed E-state index contributed by atoms with van der Waals surface area (Å²) in [6, 6.07) is 2.01. The summed E-state index contributed by atoms with van der Waals surface area (Å²) in [4.78, 5) is 23.8. The Kier molecular flexibility index (Phi) is 4.29. The van der Waals surface area contributed by atoms with Crippen LogP contribution in [0.3, 0.4) is 0 Å². The van der Waals surface area contributed by atoms with Crippen LogP contribution < -0.4 is 0 Å². The first-order chi connectivity index (χ1) is 13.6. The molecule has 0 aromatic carbocycles. The number of carbonyl (C=O) groups excluding carboxylic acids is 1. The fourth-order valence-electron chi connectivity index (χ4n) is 3.78. The molecule has 1 saturated heterocycles. The van der Waals surface area contributed by atoms with Crippen LogP contribution in [0.4, 0.5) is 0 Å². The second kappa shape index (κ2) is 6.83. The molecule has 0 bridgehead atoms. The van der Waals surface area contributed by atoms with Crippen molar-refractivity contribution in [3.8, 4) is 0 Å². The summed E-state index contributed by atoms with van der Waals surface area (Å²) in [6.45, 7) is 6.04. The van der Waals surface area contributed by atoms with Gasteiger partial charge < -0.3 is 14.7 Å². The number of aryl methyl sites for hydroxylation is 1. The Morgan fingerprint density at radius 1 is 1.21 bits per heavy atom. The van der Waals surface area contributed by atoms with E-state index in [1.165, 1.54) is 0 Å². The summed E-state index contributed by atoms with van der Waals surface area (Å²) < 4.78 is 1.84. The quantitative estimate of drug-likeness (QED) is 0.728. The van der Waals surface area contributed by atoms with Crippen molar-refractivity contribution in [1.82, 2.24) is 29.3 Å². The zero-order chi connectivity index (χ0) is 19.3. The highest BCUT2D eigenvalue weighted by atomic mass is 31.1. The van der Waals surface area contributed by atoms with E-state index in [4.69, 9.17) is 0 Å². The Morgan fingerprint density at radius 2 is 2.04 bits per heavy atom. The zero-order valence-electron chi connectivity index (χ0n) is 16.0. The van der Waals surface area contributed by atoms with Gasteiger partial charge in [0, 0.05) is 43.8 Å². The third-order valence-corrected chi connectivity index (χ3v) is 6.94. The van der Waals surface area contributed by atoms with Crippen molar-refractivity contribution in [3.05, 3.63) is 60.0 Å². The van der Waals surface area contributed by atoms with Crippen molar-refractivity contribution in [1.29, 1.82) is 0 Å². The van der Waals surface area contributed by atoms with Gasteiger partial charge in [-0.05, 0) is 26.1 Å². The molecule has 1 fully saturated rings. The number of aromatic nitrogens is 3. The summed E-state index contributed by atoms with van der Waals surface area (Å²) in [7, 11) is 2.62. The van der Waals surface area contributed by atoms with Crippen molar-refractivity contribution >= 4 is 25.3 Å². The van der Waals surface area contributed by atoms with E-state index in [1.807, 2.05) is 41.0 Å². The highest BCUT2D eigenvalue weighted by Gasteiger charge is 2.30. The lowest BCUT2D eigenvalue weighted by atomic mass is 10.2. The van der Waals surface area contributed by atoms with Gasteiger partial charge in [0.25, 0.3) is 5.91 Å². The minimum atomic E-state index is 0.0288. The van der Waals surface area contributed by atoms with Gasteiger partial charge in [-0.25, -0.2) is 4.52 Å². The molecule has 5 rings (SSSR count). The number of likely N-dealkylation sites (N-methyl/N-ethyl adjacent to an activating group) is 1. The first-order valence-electron chi connectivity index (χ1n) is 9.53. The Morgan fingerprint density at radius 3 is 2.86 bits per heavy atom. The summed E-state index contributed by atoms with van der Waals surface area (Å²) >= 11 is 0. The van der Waals surface area contributed by atoms with E-state index < -0.39 is 0 Å². The minimum Gasteiger partial charge on any atom is -0.368 e. The van der Waals surface area contributed by atoms with Gasteiger partial charge in [0.2, 0.25) is 0 Å². The Bertz CT molecular complexity index is 1030. The molecular formula is C20H23N6OP. The zero-order valence-corrected chi connectivity index (χ0v) is 17.0. The molecule has 144 valence electrons. The molecule has 0 N–H and O–H groups in total. The van der Waals surface area contributed by atoms with Gasteiger partial charge in [0.15, 0.2) is 0 Å². The van der Waals surface area contributed by atoms with Crippen molar-refractivity contribution in [3.63, 3.8) is 0 Å². The van der Waals surface area contributed by atoms with Crippen LogP contribution in [-0.2, 0) is 4.79 Å². The number of amides is 1. The molecule has 2 atom stereocenters. The van der Waals surface area contributed by atoms with Gasteiger partial charge in [-0.3, -0.25) is 9.78 Å². The molecule has 0 spiro atoms. The third kappa shape index (κ3) is 3.15. The number of rotatable bonds is 2. The molecule has 0 aliphatic carbocycles. The van der Waals surface area contributed by atoms with Crippen LogP contribution in [0.5, 0.6) is 0 Å². The van der Waals surface area contributed by atoms with Crippen molar-refractivity contribution in [2.45, 2.75) is 12.7 Å². The molecule has 5 heterocycles. The molecule has 28 heavy (non-hydrogen) atoms. The summed E-state index contributed by atoms with van der Waals surface area (Å²) in [5.74, 6) is 0.106. The maximum Gasteiger partial charge on any atom is 0.252 e. The largest absolute Gasteiger partial charge is 0.368 e. The number of carbonyl (C=O) groups is 1. The molecule has 3 aliphatic heterocycles. The normalized spacial score (nSPS) is 23.9. The van der Waals surface area contributed by atoms with E-state index in [2.05, 4.69) is 39.1 Å². The minimum absolute atomic E-state index is 0.0288. The molecule has 0 saturated carbocycles. The highest BCUT2D eigenvalue weighted by molar-refractivity contribution is 7.51. The highest BCUT2D eigenvalue weighted by Crippen LogP contribution is 2.44. The van der Waals surface area contributed by atoms with Gasteiger partial charge in [0.05, 0.1) is 40.8 Å². The Hall–Kier alpha value is -2.50. The second-order valence-electron chi connectivity index (χ2n) is 7.52. The lowest BCUT2D eigenvalue weighted by Gasteiger charge is -2.39. The van der Waals surface area contributed by atoms with E-state index in [1.54, 1.807) is 6.08 Å². The average molecular weight is 394 g/mol. The number of piperazine rings is 1. The van der Waals surface area contributed by atoms with Crippen molar-refractivity contribution < 1.29 is 4.79 Å². The SMILES string of the molecule is Cc1cn2nc(C3=CC(=O)N4C=C(N5CCN(C)CC5)C=CC4P3)cc2cn1. The Balaban J connectivity index is 1.40. The standard InChI is InChI=1S/C20H23N6OP/c1-14-12-26-16(11-21-14)9-17(22-26)18-10-19(27)25-13-15(3-4-20(25)28-18)24-7-5-23(2)6-8-24/h3-4,9-13,20,28H,5-8H2,1-2H3. The molecule has 3 aliphatic rings. The Labute approximate surface area is 165 Å². The van der Waals surface area contributed by atoms with E-state index in [9.17, 15) is 4.79 Å². The van der Waals surface area contributed by atoms with Crippen LogP contribution in [0.15, 0.2) is 48.6 Å². The summed E-state index contributed by atoms with van der Waals surface area (Å²) in [6.07, 6.45) is 11.8. The molecule has 0 radical (unpaired) electrons. The maximum absolute atomic E-state index is 12.9. The number of nitrogens with zero attached hydrogens (tertiary/aromatic N) is 6. The fourth-order valence-corrected chi connectivity index (χ4v) is 5.11. The predicted molar refractivity (Wildman–Crippen MR) is 111 cm³/mol. The molecular weight excluding hydrogens is 371 g/mol. The van der Waals surface area contributed by atoms with Crippen molar-refractivity contribution in [2.75, 3.05) is 33.2 Å². The van der Waals surface area contributed by atoms with Crippen LogP contribution in [0.25, 0.3) is 10.8 Å². The first kappa shape index (κ1) is 17.6.